The van der Waals surface area contributed by atoms with Crippen molar-refractivity contribution in [2.45, 2.75) is 11.3 Å². The molecule has 0 amide bonds. The Bertz CT molecular complexity index is 1350. The second-order valence-corrected chi connectivity index (χ2v) is 8.37. The molecule has 31 heavy (non-hydrogen) atoms. The standard InChI is InChI=1S/C18H13F3N6O3S/c1-31(28,29)14-8-11(9-22-10-14)15-16-25-17(26-27(16)7-6-23-15)24-12-2-4-13(5-3-12)30-18(19,20)21/h2-10H,1H3,(H,24,26). The van der Waals surface area contributed by atoms with Gasteiger partial charge in [-0.2, -0.15) is 4.98 Å². The first-order chi connectivity index (χ1) is 14.6. The maximum atomic E-state index is 12.3. The zero-order chi connectivity index (χ0) is 22.2. The van der Waals surface area contributed by atoms with E-state index in [1.54, 1.807) is 6.20 Å². The number of anilines is 2. The van der Waals surface area contributed by atoms with E-state index < -0.39 is 16.2 Å². The molecule has 0 spiro atoms. The van der Waals surface area contributed by atoms with Crippen LogP contribution in [-0.4, -0.2) is 45.6 Å². The molecule has 0 saturated carbocycles. The normalized spacial score (nSPS) is 12.1. The molecule has 3 aromatic heterocycles. The van der Waals surface area contributed by atoms with Gasteiger partial charge in [0.05, 0.1) is 4.90 Å². The minimum absolute atomic E-state index is 0.0350. The molecule has 0 bridgehead atoms. The molecule has 4 rings (SSSR count). The van der Waals surface area contributed by atoms with Crippen molar-refractivity contribution < 1.29 is 26.3 Å². The van der Waals surface area contributed by atoms with Gasteiger partial charge in [0.1, 0.15) is 11.4 Å². The predicted octanol–water partition coefficient (Wildman–Crippen LogP) is 3.23. The number of aromatic nitrogens is 5. The molecule has 0 radical (unpaired) electrons. The smallest absolute Gasteiger partial charge is 0.406 e. The molecule has 0 unspecified atom stereocenters. The van der Waals surface area contributed by atoms with Crippen LogP contribution in [0.25, 0.3) is 16.9 Å². The first kappa shape index (κ1) is 20.5. The summed E-state index contributed by atoms with van der Waals surface area (Å²) in [6.07, 6.45) is 2.01. The lowest BCUT2D eigenvalue weighted by atomic mass is 10.2. The number of benzene rings is 1. The van der Waals surface area contributed by atoms with Gasteiger partial charge in [-0.3, -0.25) is 9.97 Å². The van der Waals surface area contributed by atoms with E-state index in [1.807, 2.05) is 0 Å². The van der Waals surface area contributed by atoms with Crippen LogP contribution in [0.1, 0.15) is 0 Å². The second kappa shape index (κ2) is 7.50. The predicted molar refractivity (Wildman–Crippen MR) is 104 cm³/mol. The first-order valence-corrected chi connectivity index (χ1v) is 10.5. The molecule has 9 nitrogen and oxygen atoms in total. The average molecular weight is 450 g/mol. The monoisotopic (exact) mass is 450 g/mol. The van der Waals surface area contributed by atoms with Crippen LogP contribution in [0.3, 0.4) is 0 Å². The van der Waals surface area contributed by atoms with E-state index in [-0.39, 0.29) is 16.6 Å². The van der Waals surface area contributed by atoms with Crippen LogP contribution in [0, 0.1) is 0 Å². The van der Waals surface area contributed by atoms with Gasteiger partial charge in [-0.15, -0.1) is 18.3 Å². The first-order valence-electron chi connectivity index (χ1n) is 8.58. The summed E-state index contributed by atoms with van der Waals surface area (Å²) in [6, 6.07) is 6.50. The number of fused-ring (bicyclic) bond motifs is 1. The number of nitrogens with one attached hydrogen (secondary N) is 1. The Morgan fingerprint density at radius 3 is 2.55 bits per heavy atom. The third kappa shape index (κ3) is 4.71. The average Bonchev–Trinajstić information content (AvgIpc) is 3.10. The summed E-state index contributed by atoms with van der Waals surface area (Å²) < 4.78 is 65.7. The molecular formula is C18H13F3N6O3S. The maximum absolute atomic E-state index is 12.3. The maximum Gasteiger partial charge on any atom is 0.573 e. The van der Waals surface area contributed by atoms with Crippen molar-refractivity contribution in [2.75, 3.05) is 11.6 Å². The minimum atomic E-state index is -4.77. The van der Waals surface area contributed by atoms with Gasteiger partial charge in [-0.05, 0) is 30.3 Å². The van der Waals surface area contributed by atoms with Gasteiger partial charge in [0.25, 0.3) is 0 Å². The molecule has 0 aliphatic rings. The molecule has 13 heteroatoms. The van der Waals surface area contributed by atoms with Gasteiger partial charge in [0, 0.05) is 42.3 Å². The zero-order valence-corrected chi connectivity index (χ0v) is 16.5. The summed E-state index contributed by atoms with van der Waals surface area (Å²) in [5.41, 5.74) is 1.55. The van der Waals surface area contributed by atoms with Gasteiger partial charge >= 0.3 is 6.36 Å². The Labute approximate surface area is 173 Å². The number of halogens is 3. The summed E-state index contributed by atoms with van der Waals surface area (Å²) >= 11 is 0. The fourth-order valence-electron chi connectivity index (χ4n) is 2.69. The molecule has 0 aliphatic heterocycles. The molecule has 0 saturated heterocycles. The van der Waals surface area contributed by atoms with Crippen molar-refractivity contribution in [3.8, 4) is 17.0 Å². The number of nitrogens with zero attached hydrogens (tertiary/aromatic N) is 5. The molecule has 3 heterocycles. The molecule has 0 aliphatic carbocycles. The van der Waals surface area contributed by atoms with Crippen LogP contribution in [0.4, 0.5) is 24.8 Å². The summed E-state index contributed by atoms with van der Waals surface area (Å²) in [5, 5.41) is 7.13. The van der Waals surface area contributed by atoms with Crippen molar-refractivity contribution in [1.82, 2.24) is 24.6 Å². The third-order valence-electron chi connectivity index (χ3n) is 4.01. The van der Waals surface area contributed by atoms with Crippen LogP contribution in [0.5, 0.6) is 5.75 Å². The summed E-state index contributed by atoms with van der Waals surface area (Å²) in [7, 11) is -3.46. The number of hydrogen-bond donors (Lipinski definition) is 1. The van der Waals surface area contributed by atoms with Crippen molar-refractivity contribution in [3.63, 3.8) is 0 Å². The lowest BCUT2D eigenvalue weighted by molar-refractivity contribution is -0.274. The highest BCUT2D eigenvalue weighted by Crippen LogP contribution is 2.26. The lowest BCUT2D eigenvalue weighted by Gasteiger charge is -2.09. The van der Waals surface area contributed by atoms with Crippen LogP contribution in [0.2, 0.25) is 0 Å². The number of pyridine rings is 1. The van der Waals surface area contributed by atoms with E-state index in [4.69, 9.17) is 0 Å². The number of hydrogen-bond acceptors (Lipinski definition) is 8. The largest absolute Gasteiger partial charge is 0.573 e. The van der Waals surface area contributed by atoms with E-state index in [0.29, 0.717) is 22.6 Å². The van der Waals surface area contributed by atoms with Crippen molar-refractivity contribution in [3.05, 3.63) is 55.1 Å². The van der Waals surface area contributed by atoms with Crippen LogP contribution in [-0.2, 0) is 9.84 Å². The molecule has 0 fully saturated rings. The fraction of sp³-hybridized carbons (Fsp3) is 0.111. The molecule has 1 aromatic carbocycles. The topological polar surface area (TPSA) is 111 Å². The fourth-order valence-corrected chi connectivity index (χ4v) is 3.29. The quantitative estimate of drug-likeness (QED) is 0.493. The Kier molecular flexibility index (Phi) is 4.97. The van der Waals surface area contributed by atoms with E-state index in [0.717, 1.165) is 18.4 Å². The van der Waals surface area contributed by atoms with E-state index >= 15 is 0 Å². The van der Waals surface area contributed by atoms with Gasteiger partial charge < -0.3 is 10.1 Å². The Morgan fingerprint density at radius 2 is 1.87 bits per heavy atom. The highest BCUT2D eigenvalue weighted by molar-refractivity contribution is 7.90. The highest BCUT2D eigenvalue weighted by atomic mass is 32.2. The van der Waals surface area contributed by atoms with Gasteiger partial charge in [-0.25, -0.2) is 12.9 Å². The minimum Gasteiger partial charge on any atom is -0.406 e. The van der Waals surface area contributed by atoms with Gasteiger partial charge in [-0.1, -0.05) is 0 Å². The van der Waals surface area contributed by atoms with E-state index in [2.05, 4.69) is 30.1 Å². The summed E-state index contributed by atoms with van der Waals surface area (Å²) in [6.45, 7) is 0. The van der Waals surface area contributed by atoms with Gasteiger partial charge in [0.15, 0.2) is 15.5 Å². The SMILES string of the molecule is CS(=O)(=O)c1cncc(-c2nccn3nc(Nc4ccc(OC(F)(F)F)cc4)nc23)c1. The highest BCUT2D eigenvalue weighted by Gasteiger charge is 2.31. The van der Waals surface area contributed by atoms with Crippen LogP contribution < -0.4 is 10.1 Å². The second-order valence-electron chi connectivity index (χ2n) is 6.36. The van der Waals surface area contributed by atoms with Crippen molar-refractivity contribution in [1.29, 1.82) is 0 Å². The number of ether oxygens (including phenoxy) is 1. The third-order valence-corrected chi connectivity index (χ3v) is 5.09. The number of sulfone groups is 1. The van der Waals surface area contributed by atoms with Crippen LogP contribution in [0.15, 0.2) is 60.0 Å². The zero-order valence-electron chi connectivity index (χ0n) is 15.7. The molecule has 1 N–H and O–H groups in total. The van der Waals surface area contributed by atoms with E-state index in [1.165, 1.54) is 41.3 Å². The molecular weight excluding hydrogens is 437 g/mol. The van der Waals surface area contributed by atoms with E-state index in [9.17, 15) is 21.6 Å². The lowest BCUT2D eigenvalue weighted by Crippen LogP contribution is -2.16. The molecule has 0 atom stereocenters. The number of rotatable bonds is 5. The van der Waals surface area contributed by atoms with Crippen molar-refractivity contribution >= 4 is 27.1 Å². The summed E-state index contributed by atoms with van der Waals surface area (Å²) in [5.74, 6) is -0.197. The Hall–Kier alpha value is -3.74. The Morgan fingerprint density at radius 1 is 1.13 bits per heavy atom. The van der Waals surface area contributed by atoms with Crippen LogP contribution >= 0.6 is 0 Å². The Balaban J connectivity index is 1.64. The summed E-state index contributed by atoms with van der Waals surface area (Å²) in [4.78, 5) is 12.6. The number of alkyl halides is 3. The van der Waals surface area contributed by atoms with Gasteiger partial charge in [0.2, 0.25) is 5.95 Å². The molecule has 4 aromatic rings. The van der Waals surface area contributed by atoms with Crippen molar-refractivity contribution in [2.24, 2.45) is 0 Å². The molecule has 160 valence electrons.